The summed E-state index contributed by atoms with van der Waals surface area (Å²) < 4.78 is 27.2. The minimum Gasteiger partial charge on any atom is -0.390 e. The number of hydrogen-bond acceptors (Lipinski definition) is 6. The van der Waals surface area contributed by atoms with Crippen molar-refractivity contribution in [3.05, 3.63) is 28.3 Å². The van der Waals surface area contributed by atoms with Gasteiger partial charge in [-0.3, -0.25) is 0 Å². The molecule has 3 N–H and O–H groups in total. The zero-order chi connectivity index (χ0) is 20.2. The molecule has 0 unspecified atom stereocenters. The van der Waals surface area contributed by atoms with Gasteiger partial charge in [-0.15, -0.1) is 5.10 Å². The first-order chi connectivity index (χ1) is 13.8. The summed E-state index contributed by atoms with van der Waals surface area (Å²) in [5.74, 6) is 0.294. The Hall–Kier alpha value is -1.97. The molecule has 9 heteroatoms. The lowest BCUT2D eigenvalue weighted by molar-refractivity contribution is 0.0125. The fourth-order valence-electron chi connectivity index (χ4n) is 4.83. The highest BCUT2D eigenvalue weighted by atomic mass is 32.2. The highest BCUT2D eigenvalue weighted by Crippen LogP contribution is 2.39. The van der Waals surface area contributed by atoms with E-state index in [1.54, 1.807) is 6.92 Å². The summed E-state index contributed by atoms with van der Waals surface area (Å²) >= 11 is 0. The van der Waals surface area contributed by atoms with Crippen LogP contribution in [-0.4, -0.2) is 51.7 Å². The molecule has 3 aliphatic rings. The lowest BCUT2D eigenvalue weighted by Gasteiger charge is -2.34. The number of sulfonamides is 1. The third kappa shape index (κ3) is 3.35. The standard InChI is InChI=1S/C20H27N5O3S/c1-20(26)8-10-25(11-9-20)29(27,28)19-22-18(23-24-19)21-17-15-6-2-4-13(15)12-14-5-3-7-16(14)17/h12,26H,2-11H2,1H3,(H2,21,22,23,24). The fraction of sp³-hybridized carbons (Fsp3) is 0.600. The summed E-state index contributed by atoms with van der Waals surface area (Å²) in [5, 5.41) is 20.0. The van der Waals surface area contributed by atoms with Crippen molar-refractivity contribution < 1.29 is 13.5 Å². The van der Waals surface area contributed by atoms with Crippen molar-refractivity contribution in [3.63, 3.8) is 0 Å². The normalized spacial score (nSPS) is 21.2. The Morgan fingerprint density at radius 1 is 1.10 bits per heavy atom. The first-order valence-corrected chi connectivity index (χ1v) is 11.9. The second kappa shape index (κ2) is 6.78. The van der Waals surface area contributed by atoms with Crippen molar-refractivity contribution in [2.45, 2.75) is 69.0 Å². The first kappa shape index (κ1) is 19.0. The number of fused-ring (bicyclic) bond motifs is 2. The average Bonchev–Trinajstić information content (AvgIpc) is 3.41. The second-order valence-electron chi connectivity index (χ2n) is 8.72. The van der Waals surface area contributed by atoms with Gasteiger partial charge in [-0.05, 0) is 80.5 Å². The maximum atomic E-state index is 12.9. The summed E-state index contributed by atoms with van der Waals surface area (Å²) in [6, 6.07) is 2.36. The van der Waals surface area contributed by atoms with Crippen molar-refractivity contribution in [2.75, 3.05) is 18.4 Å². The van der Waals surface area contributed by atoms with Gasteiger partial charge in [0.05, 0.1) is 5.60 Å². The van der Waals surface area contributed by atoms with Crippen molar-refractivity contribution in [1.82, 2.24) is 19.5 Å². The van der Waals surface area contributed by atoms with Crippen LogP contribution in [0, 0.1) is 0 Å². The van der Waals surface area contributed by atoms with Crippen LogP contribution in [0.2, 0.25) is 0 Å². The van der Waals surface area contributed by atoms with Crippen molar-refractivity contribution in [3.8, 4) is 0 Å². The van der Waals surface area contributed by atoms with E-state index >= 15 is 0 Å². The van der Waals surface area contributed by atoms with Crippen molar-refractivity contribution >= 4 is 21.7 Å². The van der Waals surface area contributed by atoms with Crippen LogP contribution in [0.1, 0.15) is 54.9 Å². The van der Waals surface area contributed by atoms with Gasteiger partial charge in [0, 0.05) is 18.8 Å². The predicted molar refractivity (Wildman–Crippen MR) is 109 cm³/mol. The van der Waals surface area contributed by atoms with E-state index in [9.17, 15) is 13.5 Å². The number of benzene rings is 1. The van der Waals surface area contributed by atoms with E-state index in [1.807, 2.05) is 0 Å². The molecule has 2 heterocycles. The summed E-state index contributed by atoms with van der Waals surface area (Å²) in [5.41, 5.74) is 5.74. The molecular weight excluding hydrogens is 390 g/mol. The number of nitrogens with one attached hydrogen (secondary N) is 2. The summed E-state index contributed by atoms with van der Waals surface area (Å²) in [6.07, 6.45) is 7.40. The van der Waals surface area contributed by atoms with Crippen LogP contribution in [0.5, 0.6) is 0 Å². The third-order valence-electron chi connectivity index (χ3n) is 6.56. The van der Waals surface area contributed by atoms with Crippen LogP contribution in [0.15, 0.2) is 11.2 Å². The molecule has 0 radical (unpaired) electrons. The number of rotatable bonds is 4. The van der Waals surface area contributed by atoms with Crippen LogP contribution in [0.3, 0.4) is 0 Å². The maximum absolute atomic E-state index is 12.9. The van der Waals surface area contributed by atoms with Gasteiger partial charge in [-0.25, -0.2) is 13.5 Å². The van der Waals surface area contributed by atoms with E-state index in [1.165, 1.54) is 26.6 Å². The molecule has 1 saturated heterocycles. The SMILES string of the molecule is CC1(O)CCN(S(=O)(=O)c2nc(Nc3c4c(cc5c3CCC5)CCC4)n[nH]2)CC1. The molecule has 1 aromatic heterocycles. The Bertz CT molecular complexity index is 1020. The molecule has 0 saturated carbocycles. The molecule has 156 valence electrons. The number of hydrogen-bond donors (Lipinski definition) is 3. The van der Waals surface area contributed by atoms with E-state index in [0.29, 0.717) is 18.8 Å². The summed E-state index contributed by atoms with van der Waals surface area (Å²) in [7, 11) is -3.75. The van der Waals surface area contributed by atoms with Crippen LogP contribution in [0.4, 0.5) is 11.6 Å². The Labute approximate surface area is 170 Å². The Balaban J connectivity index is 1.41. The molecule has 29 heavy (non-hydrogen) atoms. The highest BCUT2D eigenvalue weighted by molar-refractivity contribution is 7.88. The minimum absolute atomic E-state index is 0.147. The number of H-pyrrole nitrogens is 1. The topological polar surface area (TPSA) is 111 Å². The van der Waals surface area contributed by atoms with E-state index in [0.717, 1.165) is 44.2 Å². The Morgan fingerprint density at radius 3 is 2.34 bits per heavy atom. The lowest BCUT2D eigenvalue weighted by Crippen LogP contribution is -2.45. The average molecular weight is 418 g/mol. The molecule has 2 aromatic rings. The van der Waals surface area contributed by atoms with Crippen LogP contribution >= 0.6 is 0 Å². The minimum atomic E-state index is -3.75. The van der Waals surface area contributed by atoms with Gasteiger partial charge in [-0.2, -0.15) is 9.29 Å². The maximum Gasteiger partial charge on any atom is 0.278 e. The smallest absolute Gasteiger partial charge is 0.278 e. The van der Waals surface area contributed by atoms with E-state index in [4.69, 9.17) is 0 Å². The molecule has 1 fully saturated rings. The van der Waals surface area contributed by atoms with Gasteiger partial charge in [0.15, 0.2) is 0 Å². The Kier molecular flexibility index (Phi) is 4.45. The number of aryl methyl sites for hydroxylation is 2. The second-order valence-corrected chi connectivity index (χ2v) is 10.6. The molecule has 0 bridgehead atoms. The molecule has 8 nitrogen and oxygen atoms in total. The quantitative estimate of drug-likeness (QED) is 0.702. The number of aromatic nitrogens is 3. The lowest BCUT2D eigenvalue weighted by atomic mass is 9.95. The zero-order valence-electron chi connectivity index (χ0n) is 16.7. The number of piperidine rings is 1. The van der Waals surface area contributed by atoms with Crippen LogP contribution in [-0.2, 0) is 35.7 Å². The summed E-state index contributed by atoms with van der Waals surface area (Å²) in [4.78, 5) is 4.27. The van der Waals surface area contributed by atoms with Crippen molar-refractivity contribution in [2.24, 2.45) is 0 Å². The van der Waals surface area contributed by atoms with Crippen LogP contribution in [0.25, 0.3) is 0 Å². The van der Waals surface area contributed by atoms with Gasteiger partial charge in [0.25, 0.3) is 15.2 Å². The van der Waals surface area contributed by atoms with Gasteiger partial charge in [-0.1, -0.05) is 6.07 Å². The van der Waals surface area contributed by atoms with Gasteiger partial charge < -0.3 is 10.4 Å². The largest absolute Gasteiger partial charge is 0.390 e. The van der Waals surface area contributed by atoms with Gasteiger partial charge >= 0.3 is 0 Å². The molecule has 0 amide bonds. The van der Waals surface area contributed by atoms with Gasteiger partial charge in [0.1, 0.15) is 0 Å². The third-order valence-corrected chi connectivity index (χ3v) is 8.27. The van der Waals surface area contributed by atoms with Gasteiger partial charge in [0.2, 0.25) is 5.95 Å². The number of aromatic amines is 1. The molecule has 0 atom stereocenters. The number of anilines is 2. The van der Waals surface area contributed by atoms with Crippen LogP contribution < -0.4 is 5.32 Å². The zero-order valence-corrected chi connectivity index (χ0v) is 17.5. The highest BCUT2D eigenvalue weighted by Gasteiger charge is 2.36. The number of nitrogens with zero attached hydrogens (tertiary/aromatic N) is 3. The Morgan fingerprint density at radius 2 is 1.72 bits per heavy atom. The predicted octanol–water partition coefficient (Wildman–Crippen LogP) is 2.06. The molecule has 0 spiro atoms. The van der Waals surface area contributed by atoms with E-state index in [2.05, 4.69) is 26.6 Å². The molecular formula is C20H27N5O3S. The van der Waals surface area contributed by atoms with E-state index in [-0.39, 0.29) is 18.2 Å². The summed E-state index contributed by atoms with van der Waals surface area (Å²) in [6.45, 7) is 2.29. The first-order valence-electron chi connectivity index (χ1n) is 10.4. The number of aliphatic hydroxyl groups is 1. The van der Waals surface area contributed by atoms with Crippen molar-refractivity contribution in [1.29, 1.82) is 0 Å². The molecule has 1 aliphatic heterocycles. The molecule has 5 rings (SSSR count). The van der Waals surface area contributed by atoms with E-state index < -0.39 is 15.6 Å². The fourth-order valence-corrected chi connectivity index (χ4v) is 6.10. The monoisotopic (exact) mass is 417 g/mol. The molecule has 2 aliphatic carbocycles. The molecule has 1 aromatic carbocycles.